The van der Waals surface area contributed by atoms with Crippen LogP contribution in [0.25, 0.3) is 22.3 Å². The Kier molecular flexibility index (Phi) is 7.18. The highest BCUT2D eigenvalue weighted by Crippen LogP contribution is 2.32. The standard InChI is InChI=1S/C26H31FN4O2/c1-3-4-5-14-31-15-12-21(13-16-31)30(2)25-24(18-6-9-20(27)10-7-18)28-22-11-8-19(26(32)33)17-23(22)29-25/h6-11,17,21H,3-5,12-16H2,1-2H3,(H,32,33). The highest BCUT2D eigenvalue weighted by Gasteiger charge is 2.26. The first kappa shape index (κ1) is 23.1. The third-order valence-electron chi connectivity index (χ3n) is 6.53. The van der Waals surface area contributed by atoms with Gasteiger partial charge in [0, 0.05) is 31.7 Å². The third kappa shape index (κ3) is 5.30. The summed E-state index contributed by atoms with van der Waals surface area (Å²) in [5.41, 5.74) is 2.80. The summed E-state index contributed by atoms with van der Waals surface area (Å²) >= 11 is 0. The molecule has 0 bridgehead atoms. The van der Waals surface area contributed by atoms with E-state index in [0.717, 1.165) is 38.0 Å². The first-order valence-electron chi connectivity index (χ1n) is 11.7. The number of halogens is 1. The molecule has 0 saturated carbocycles. The van der Waals surface area contributed by atoms with Crippen LogP contribution in [0.1, 0.15) is 49.4 Å². The van der Waals surface area contributed by atoms with Crippen LogP contribution in [0, 0.1) is 5.82 Å². The van der Waals surface area contributed by atoms with Crippen LogP contribution in [0.5, 0.6) is 0 Å². The largest absolute Gasteiger partial charge is 0.478 e. The molecule has 7 heteroatoms. The molecule has 0 spiro atoms. The molecule has 1 fully saturated rings. The van der Waals surface area contributed by atoms with Crippen molar-refractivity contribution in [3.05, 3.63) is 53.8 Å². The Hall–Kier alpha value is -3.06. The Labute approximate surface area is 194 Å². The van der Waals surface area contributed by atoms with Crippen LogP contribution in [0.2, 0.25) is 0 Å². The zero-order chi connectivity index (χ0) is 23.4. The number of carboxylic acids is 1. The van der Waals surface area contributed by atoms with Gasteiger partial charge in [0.2, 0.25) is 0 Å². The van der Waals surface area contributed by atoms with Gasteiger partial charge in [-0.1, -0.05) is 19.8 Å². The van der Waals surface area contributed by atoms with Gasteiger partial charge in [-0.05, 0) is 68.3 Å². The maximum Gasteiger partial charge on any atom is 0.335 e. The number of anilines is 1. The molecule has 1 aliphatic rings. The lowest BCUT2D eigenvalue weighted by atomic mass is 10.0. The minimum Gasteiger partial charge on any atom is -0.478 e. The number of piperidine rings is 1. The predicted molar refractivity (Wildman–Crippen MR) is 129 cm³/mol. The lowest BCUT2D eigenvalue weighted by Crippen LogP contribution is -2.44. The molecule has 2 aromatic carbocycles. The van der Waals surface area contributed by atoms with Crippen LogP contribution in [-0.2, 0) is 0 Å². The van der Waals surface area contributed by atoms with Crippen molar-refractivity contribution in [3.63, 3.8) is 0 Å². The molecule has 4 rings (SSSR count). The Balaban J connectivity index is 1.66. The van der Waals surface area contributed by atoms with Gasteiger partial charge in [0.15, 0.2) is 5.82 Å². The van der Waals surface area contributed by atoms with Crippen LogP contribution >= 0.6 is 0 Å². The Morgan fingerprint density at radius 3 is 2.48 bits per heavy atom. The maximum absolute atomic E-state index is 13.6. The number of aromatic carboxylic acids is 1. The van der Waals surface area contributed by atoms with Gasteiger partial charge in [-0.25, -0.2) is 19.2 Å². The number of hydrogen-bond acceptors (Lipinski definition) is 5. The highest BCUT2D eigenvalue weighted by molar-refractivity contribution is 5.93. The van der Waals surface area contributed by atoms with Gasteiger partial charge < -0.3 is 14.9 Å². The van der Waals surface area contributed by atoms with E-state index in [0.29, 0.717) is 28.6 Å². The second-order valence-corrected chi connectivity index (χ2v) is 8.80. The number of likely N-dealkylation sites (tertiary alicyclic amines) is 1. The van der Waals surface area contributed by atoms with E-state index < -0.39 is 5.97 Å². The number of aromatic nitrogens is 2. The minimum atomic E-state index is -0.994. The Bertz CT molecular complexity index is 1110. The summed E-state index contributed by atoms with van der Waals surface area (Å²) in [6.07, 6.45) is 5.80. The second-order valence-electron chi connectivity index (χ2n) is 8.80. The fraction of sp³-hybridized carbons (Fsp3) is 0.423. The van der Waals surface area contributed by atoms with E-state index in [1.807, 2.05) is 7.05 Å². The molecule has 1 saturated heterocycles. The SMILES string of the molecule is CCCCCN1CCC(N(C)c2nc3cc(C(=O)O)ccc3nc2-c2ccc(F)cc2)CC1. The predicted octanol–water partition coefficient (Wildman–Crippen LogP) is 5.22. The van der Waals surface area contributed by atoms with Gasteiger partial charge in [-0.2, -0.15) is 0 Å². The quantitative estimate of drug-likeness (QED) is 0.474. The summed E-state index contributed by atoms with van der Waals surface area (Å²) in [6, 6.07) is 11.4. The summed E-state index contributed by atoms with van der Waals surface area (Å²) in [5, 5.41) is 9.39. The molecule has 2 heterocycles. The zero-order valence-electron chi connectivity index (χ0n) is 19.3. The summed E-state index contributed by atoms with van der Waals surface area (Å²) in [5.74, 6) is -0.600. The summed E-state index contributed by atoms with van der Waals surface area (Å²) in [7, 11) is 2.03. The van der Waals surface area contributed by atoms with E-state index >= 15 is 0 Å². The summed E-state index contributed by atoms with van der Waals surface area (Å²) in [4.78, 5) is 25.9. The minimum absolute atomic E-state index is 0.181. The number of carboxylic acid groups (broad SMARTS) is 1. The molecule has 0 radical (unpaired) electrons. The molecule has 0 unspecified atom stereocenters. The molecule has 1 N–H and O–H groups in total. The molecule has 0 aliphatic carbocycles. The molecule has 0 atom stereocenters. The van der Waals surface area contributed by atoms with Crippen molar-refractivity contribution in [1.82, 2.24) is 14.9 Å². The first-order valence-corrected chi connectivity index (χ1v) is 11.7. The number of unbranched alkanes of at least 4 members (excludes halogenated alkanes) is 2. The van der Waals surface area contributed by atoms with Crippen LogP contribution < -0.4 is 4.90 Å². The lowest BCUT2D eigenvalue weighted by molar-refractivity contribution is 0.0697. The fourth-order valence-corrected chi connectivity index (χ4v) is 4.51. The van der Waals surface area contributed by atoms with Gasteiger partial charge in [-0.3, -0.25) is 0 Å². The first-order chi connectivity index (χ1) is 16.0. The smallest absolute Gasteiger partial charge is 0.335 e. The monoisotopic (exact) mass is 450 g/mol. The maximum atomic E-state index is 13.6. The van der Waals surface area contributed by atoms with E-state index in [1.165, 1.54) is 37.5 Å². The van der Waals surface area contributed by atoms with Crippen LogP contribution in [0.15, 0.2) is 42.5 Å². The van der Waals surface area contributed by atoms with Gasteiger partial charge in [0.1, 0.15) is 11.5 Å². The second kappa shape index (κ2) is 10.3. The van der Waals surface area contributed by atoms with Gasteiger partial charge in [-0.15, -0.1) is 0 Å². The van der Waals surface area contributed by atoms with Crippen LogP contribution in [-0.4, -0.2) is 58.7 Å². The molecule has 3 aromatic rings. The summed E-state index contributed by atoms with van der Waals surface area (Å²) in [6.45, 7) is 5.48. The molecule has 33 heavy (non-hydrogen) atoms. The number of nitrogens with zero attached hydrogens (tertiary/aromatic N) is 4. The third-order valence-corrected chi connectivity index (χ3v) is 6.53. The number of benzene rings is 2. The van der Waals surface area contributed by atoms with Crippen LogP contribution in [0.4, 0.5) is 10.2 Å². The molecule has 6 nitrogen and oxygen atoms in total. The highest BCUT2D eigenvalue weighted by atomic mass is 19.1. The Morgan fingerprint density at radius 2 is 1.82 bits per heavy atom. The van der Waals surface area contributed by atoms with Crippen molar-refractivity contribution >= 4 is 22.8 Å². The fourth-order valence-electron chi connectivity index (χ4n) is 4.51. The van der Waals surface area contributed by atoms with E-state index in [2.05, 4.69) is 16.7 Å². The van der Waals surface area contributed by atoms with Crippen molar-refractivity contribution in [2.24, 2.45) is 0 Å². The molecule has 1 aromatic heterocycles. The number of rotatable bonds is 8. The molecule has 174 valence electrons. The number of carbonyl (C=O) groups is 1. The average molecular weight is 451 g/mol. The normalized spacial score (nSPS) is 15.1. The zero-order valence-corrected chi connectivity index (χ0v) is 19.3. The van der Waals surface area contributed by atoms with Crippen LogP contribution in [0.3, 0.4) is 0 Å². The van der Waals surface area contributed by atoms with Gasteiger partial charge >= 0.3 is 5.97 Å². The average Bonchev–Trinajstić information content (AvgIpc) is 2.83. The molecule has 1 aliphatic heterocycles. The number of hydrogen-bond donors (Lipinski definition) is 1. The van der Waals surface area contributed by atoms with E-state index in [1.54, 1.807) is 24.3 Å². The number of fused-ring (bicyclic) bond motifs is 1. The summed E-state index contributed by atoms with van der Waals surface area (Å²) < 4.78 is 13.6. The van der Waals surface area contributed by atoms with E-state index in [4.69, 9.17) is 9.97 Å². The molecule has 0 amide bonds. The van der Waals surface area contributed by atoms with Crippen molar-refractivity contribution in [2.45, 2.75) is 45.1 Å². The van der Waals surface area contributed by atoms with Crippen molar-refractivity contribution in [3.8, 4) is 11.3 Å². The lowest BCUT2D eigenvalue weighted by Gasteiger charge is -2.37. The topological polar surface area (TPSA) is 69.6 Å². The van der Waals surface area contributed by atoms with E-state index in [-0.39, 0.29) is 11.4 Å². The van der Waals surface area contributed by atoms with Gasteiger partial charge in [0.05, 0.1) is 16.6 Å². The van der Waals surface area contributed by atoms with Gasteiger partial charge in [0.25, 0.3) is 0 Å². The molecular formula is C26H31FN4O2. The van der Waals surface area contributed by atoms with Crippen molar-refractivity contribution < 1.29 is 14.3 Å². The van der Waals surface area contributed by atoms with Crippen molar-refractivity contribution in [1.29, 1.82) is 0 Å². The Morgan fingerprint density at radius 1 is 1.09 bits per heavy atom. The molecular weight excluding hydrogens is 419 g/mol. The van der Waals surface area contributed by atoms with E-state index in [9.17, 15) is 14.3 Å². The van der Waals surface area contributed by atoms with Crippen molar-refractivity contribution in [2.75, 3.05) is 31.6 Å².